The maximum atomic E-state index is 13.5. The van der Waals surface area contributed by atoms with Gasteiger partial charge >= 0.3 is 6.18 Å². The zero-order valence-corrected chi connectivity index (χ0v) is 20.0. The number of phenolic OH excluding ortho intramolecular Hbond substituents is 1. The number of hydrogen-bond acceptors (Lipinski definition) is 4. The van der Waals surface area contributed by atoms with Crippen LogP contribution in [0.5, 0.6) is 11.6 Å². The van der Waals surface area contributed by atoms with Crippen molar-refractivity contribution in [2.45, 2.75) is 20.0 Å². The van der Waals surface area contributed by atoms with E-state index < -0.39 is 11.7 Å². The number of para-hydroxylation sites is 1. The molecule has 0 aliphatic carbocycles. The molecule has 0 fully saturated rings. The smallest absolute Gasteiger partial charge is 0.416 e. The molecule has 8 heteroatoms. The number of benzene rings is 4. The molecule has 0 aliphatic heterocycles. The van der Waals surface area contributed by atoms with Crippen molar-refractivity contribution in [3.63, 3.8) is 0 Å². The van der Waals surface area contributed by atoms with E-state index in [4.69, 9.17) is 0 Å². The molecule has 0 radical (unpaired) electrons. The number of aryl methyl sites for hydroxylation is 2. The summed E-state index contributed by atoms with van der Waals surface area (Å²) in [7, 11) is 0. The minimum Gasteiger partial charge on any atom is -0.505 e. The van der Waals surface area contributed by atoms with Gasteiger partial charge in [-0.05, 0) is 66.9 Å². The van der Waals surface area contributed by atoms with Crippen LogP contribution in [-0.2, 0) is 6.18 Å². The quantitative estimate of drug-likeness (QED) is 0.242. The van der Waals surface area contributed by atoms with Crippen LogP contribution < -0.4 is 0 Å². The molecule has 4 aromatic carbocycles. The third-order valence-electron chi connectivity index (χ3n) is 6.07. The molecular formula is C29H22F3N3O2. The fraction of sp³-hybridized carbons (Fsp3) is 0.103. The van der Waals surface area contributed by atoms with Crippen molar-refractivity contribution in [2.24, 2.45) is 10.2 Å². The lowest BCUT2D eigenvalue weighted by atomic mass is 10.0. The Morgan fingerprint density at radius 2 is 1.46 bits per heavy atom. The van der Waals surface area contributed by atoms with Gasteiger partial charge in [-0.2, -0.15) is 13.2 Å². The summed E-state index contributed by atoms with van der Waals surface area (Å²) < 4.78 is 41.9. The summed E-state index contributed by atoms with van der Waals surface area (Å²) in [6.45, 7) is 3.73. The van der Waals surface area contributed by atoms with Gasteiger partial charge in [-0.3, -0.25) is 4.57 Å². The fourth-order valence-corrected chi connectivity index (χ4v) is 4.44. The number of phenols is 1. The number of azo groups is 1. The van der Waals surface area contributed by atoms with Gasteiger partial charge < -0.3 is 10.2 Å². The number of aromatic hydroxyl groups is 2. The number of alkyl halides is 3. The first-order valence-electron chi connectivity index (χ1n) is 11.5. The van der Waals surface area contributed by atoms with Crippen LogP contribution in [0.1, 0.15) is 16.7 Å². The van der Waals surface area contributed by atoms with Crippen LogP contribution in [0, 0.1) is 13.8 Å². The Bertz CT molecular complexity index is 1640. The Balaban J connectivity index is 1.69. The molecule has 5 rings (SSSR count). The van der Waals surface area contributed by atoms with Gasteiger partial charge in [0.05, 0.1) is 11.1 Å². The first-order chi connectivity index (χ1) is 17.6. The van der Waals surface area contributed by atoms with Crippen molar-refractivity contribution in [2.75, 3.05) is 0 Å². The van der Waals surface area contributed by atoms with E-state index in [1.54, 1.807) is 30.3 Å². The average Bonchev–Trinajstić information content (AvgIpc) is 3.13. The third-order valence-corrected chi connectivity index (χ3v) is 6.07. The summed E-state index contributed by atoms with van der Waals surface area (Å²) in [4.78, 5) is 0. The molecule has 0 atom stereocenters. The number of fused-ring (bicyclic) bond motifs is 1. The van der Waals surface area contributed by atoms with E-state index in [9.17, 15) is 23.4 Å². The Hall–Kier alpha value is -4.59. The lowest BCUT2D eigenvalue weighted by Crippen LogP contribution is -2.05. The summed E-state index contributed by atoms with van der Waals surface area (Å²) in [5.74, 6) is -0.462. The minimum atomic E-state index is -4.56. The zero-order chi connectivity index (χ0) is 26.3. The number of aromatic nitrogens is 1. The predicted molar refractivity (Wildman–Crippen MR) is 137 cm³/mol. The van der Waals surface area contributed by atoms with Crippen LogP contribution in [0.2, 0.25) is 0 Å². The maximum Gasteiger partial charge on any atom is 0.416 e. The minimum absolute atomic E-state index is 0.00704. The Morgan fingerprint density at radius 3 is 2.14 bits per heavy atom. The zero-order valence-electron chi connectivity index (χ0n) is 20.0. The standard InChI is InChI=1S/C29H22F3N3O2/c1-17-13-18(2)15-21(14-17)35-25-16-20(29(30,31)32)11-12-23(25)26(28(35)37)34-33-24-10-6-9-22(27(24)36)19-7-4-3-5-8-19/h3-16,36-37H,1-2H3. The Morgan fingerprint density at radius 1 is 0.757 bits per heavy atom. The predicted octanol–water partition coefficient (Wildman–Crippen LogP) is 8.76. The second-order valence-corrected chi connectivity index (χ2v) is 8.82. The van der Waals surface area contributed by atoms with E-state index in [0.717, 1.165) is 28.8 Å². The highest BCUT2D eigenvalue weighted by Gasteiger charge is 2.32. The summed E-state index contributed by atoms with van der Waals surface area (Å²) >= 11 is 0. The van der Waals surface area contributed by atoms with Crippen molar-refractivity contribution in [1.29, 1.82) is 0 Å². The first kappa shape index (κ1) is 24.1. The van der Waals surface area contributed by atoms with E-state index in [1.807, 2.05) is 50.2 Å². The van der Waals surface area contributed by atoms with E-state index in [1.165, 1.54) is 10.6 Å². The van der Waals surface area contributed by atoms with Crippen molar-refractivity contribution in [1.82, 2.24) is 4.57 Å². The molecule has 5 nitrogen and oxygen atoms in total. The van der Waals surface area contributed by atoms with Crippen LogP contribution in [0.25, 0.3) is 27.7 Å². The van der Waals surface area contributed by atoms with Crippen LogP contribution in [0.15, 0.2) is 95.2 Å². The molecule has 0 spiro atoms. The molecule has 186 valence electrons. The molecule has 0 aliphatic rings. The van der Waals surface area contributed by atoms with Crippen LogP contribution in [0.3, 0.4) is 0 Å². The Labute approximate surface area is 210 Å². The van der Waals surface area contributed by atoms with E-state index >= 15 is 0 Å². The van der Waals surface area contributed by atoms with Crippen molar-refractivity contribution in [3.05, 3.63) is 102 Å². The second-order valence-electron chi connectivity index (χ2n) is 8.82. The molecule has 2 N–H and O–H groups in total. The molecule has 5 aromatic rings. The monoisotopic (exact) mass is 501 g/mol. The van der Waals surface area contributed by atoms with E-state index in [-0.39, 0.29) is 33.9 Å². The average molecular weight is 502 g/mol. The van der Waals surface area contributed by atoms with Gasteiger partial charge in [-0.15, -0.1) is 10.2 Å². The Kier molecular flexibility index (Phi) is 5.95. The molecule has 0 saturated heterocycles. The second kappa shape index (κ2) is 9.13. The van der Waals surface area contributed by atoms with Crippen molar-refractivity contribution in [3.8, 4) is 28.4 Å². The lowest BCUT2D eigenvalue weighted by Gasteiger charge is -2.11. The van der Waals surface area contributed by atoms with Crippen LogP contribution in [-0.4, -0.2) is 14.8 Å². The highest BCUT2D eigenvalue weighted by molar-refractivity contribution is 5.97. The maximum absolute atomic E-state index is 13.5. The van der Waals surface area contributed by atoms with Gasteiger partial charge in [-0.25, -0.2) is 0 Å². The summed E-state index contributed by atoms with van der Waals surface area (Å²) in [6, 6.07) is 22.9. The molecule has 1 heterocycles. The van der Waals surface area contributed by atoms with Crippen LogP contribution >= 0.6 is 0 Å². The highest BCUT2D eigenvalue weighted by atomic mass is 19.4. The first-order valence-corrected chi connectivity index (χ1v) is 11.5. The van der Waals surface area contributed by atoms with E-state index in [0.29, 0.717) is 11.3 Å². The fourth-order valence-electron chi connectivity index (χ4n) is 4.44. The molecule has 0 bridgehead atoms. The van der Waals surface area contributed by atoms with Crippen molar-refractivity contribution < 1.29 is 23.4 Å². The van der Waals surface area contributed by atoms with Gasteiger partial charge in [0.25, 0.3) is 0 Å². The van der Waals surface area contributed by atoms with Crippen molar-refractivity contribution >= 4 is 22.3 Å². The van der Waals surface area contributed by atoms with Crippen LogP contribution in [0.4, 0.5) is 24.5 Å². The summed E-state index contributed by atoms with van der Waals surface area (Å²) in [5.41, 5.74) is 3.03. The number of hydrogen-bond donors (Lipinski definition) is 2. The van der Waals surface area contributed by atoms with E-state index in [2.05, 4.69) is 10.2 Å². The highest BCUT2D eigenvalue weighted by Crippen LogP contribution is 2.45. The van der Waals surface area contributed by atoms with Gasteiger partial charge in [0.1, 0.15) is 5.69 Å². The topological polar surface area (TPSA) is 70.1 Å². The number of halogens is 3. The number of rotatable bonds is 4. The molecule has 37 heavy (non-hydrogen) atoms. The van der Waals surface area contributed by atoms with Gasteiger partial charge in [0.15, 0.2) is 11.4 Å². The summed E-state index contributed by atoms with van der Waals surface area (Å²) in [5, 5.41) is 30.7. The molecule has 1 aromatic heterocycles. The largest absolute Gasteiger partial charge is 0.505 e. The lowest BCUT2D eigenvalue weighted by molar-refractivity contribution is -0.137. The molecule has 0 unspecified atom stereocenters. The normalized spacial score (nSPS) is 12.0. The molecule has 0 saturated carbocycles. The molecular weight excluding hydrogens is 479 g/mol. The molecule has 0 amide bonds. The van der Waals surface area contributed by atoms with Gasteiger partial charge in [0, 0.05) is 16.6 Å². The van der Waals surface area contributed by atoms with Gasteiger partial charge in [0.2, 0.25) is 5.88 Å². The SMILES string of the molecule is Cc1cc(C)cc(-n2c(O)c(N=Nc3cccc(-c4ccccc4)c3O)c3ccc(C(F)(F)F)cc32)c1. The third kappa shape index (κ3) is 4.53. The number of nitrogens with zero attached hydrogens (tertiary/aromatic N) is 3. The summed E-state index contributed by atoms with van der Waals surface area (Å²) in [6.07, 6.45) is -4.56. The van der Waals surface area contributed by atoms with Gasteiger partial charge in [-0.1, -0.05) is 48.5 Å².